The van der Waals surface area contributed by atoms with Crippen molar-refractivity contribution in [3.8, 4) is 0 Å². The number of carbonyl (C=O) groups is 1. The standard InChI is InChI=1S/C22H25ClN4O3/c1-13-17(9-10-18(28)24-12-11-15-5-7-16(23)8-6-15)14(2)25-20-19(13)21(29)27(4)22(30)26(20)3/h5-8H,9-12H2,1-4H3,(H,24,28). The Kier molecular flexibility index (Phi) is 6.41. The molecule has 0 spiro atoms. The van der Waals surface area contributed by atoms with Crippen LogP contribution in [0.25, 0.3) is 11.0 Å². The second-order valence-corrected chi connectivity index (χ2v) is 7.87. The van der Waals surface area contributed by atoms with Gasteiger partial charge in [-0.15, -0.1) is 0 Å². The first-order valence-electron chi connectivity index (χ1n) is 9.77. The molecular weight excluding hydrogens is 404 g/mol. The molecule has 2 aromatic heterocycles. The van der Waals surface area contributed by atoms with E-state index in [9.17, 15) is 14.4 Å². The summed E-state index contributed by atoms with van der Waals surface area (Å²) in [6.07, 6.45) is 1.49. The average molecular weight is 429 g/mol. The van der Waals surface area contributed by atoms with Crippen molar-refractivity contribution in [1.82, 2.24) is 19.4 Å². The SMILES string of the molecule is Cc1nc2c(c(C)c1CCC(=O)NCCc1ccc(Cl)cc1)c(=O)n(C)c(=O)n2C. The number of amides is 1. The zero-order valence-electron chi connectivity index (χ0n) is 17.6. The first kappa shape index (κ1) is 21.8. The van der Waals surface area contributed by atoms with Gasteiger partial charge in [0.1, 0.15) is 5.65 Å². The van der Waals surface area contributed by atoms with E-state index in [-0.39, 0.29) is 11.5 Å². The molecule has 3 aromatic rings. The zero-order valence-corrected chi connectivity index (χ0v) is 18.3. The molecular formula is C22H25ClN4O3. The van der Waals surface area contributed by atoms with E-state index in [4.69, 9.17) is 11.6 Å². The molecule has 0 aliphatic heterocycles. The molecule has 1 aromatic carbocycles. The third-order valence-corrected chi connectivity index (χ3v) is 5.67. The molecule has 0 fully saturated rings. The minimum atomic E-state index is -0.411. The Morgan fingerprint density at radius 1 is 1.07 bits per heavy atom. The highest BCUT2D eigenvalue weighted by Gasteiger charge is 2.17. The molecule has 2 heterocycles. The van der Waals surface area contributed by atoms with Gasteiger partial charge < -0.3 is 5.32 Å². The van der Waals surface area contributed by atoms with E-state index < -0.39 is 5.69 Å². The summed E-state index contributed by atoms with van der Waals surface area (Å²) in [7, 11) is 3.06. The van der Waals surface area contributed by atoms with Gasteiger partial charge in [0.25, 0.3) is 5.56 Å². The summed E-state index contributed by atoms with van der Waals surface area (Å²) in [5, 5.41) is 4.03. The van der Waals surface area contributed by atoms with Gasteiger partial charge >= 0.3 is 5.69 Å². The first-order chi connectivity index (χ1) is 14.2. The highest BCUT2D eigenvalue weighted by atomic mass is 35.5. The molecule has 158 valence electrons. The summed E-state index contributed by atoms with van der Waals surface area (Å²) in [6.45, 7) is 4.22. The third kappa shape index (κ3) is 4.31. The van der Waals surface area contributed by atoms with Gasteiger partial charge in [0.2, 0.25) is 5.91 Å². The molecule has 30 heavy (non-hydrogen) atoms. The normalized spacial score (nSPS) is 11.1. The number of benzene rings is 1. The number of nitrogens with zero attached hydrogens (tertiary/aromatic N) is 3. The number of halogens is 1. The summed E-state index contributed by atoms with van der Waals surface area (Å²) in [6, 6.07) is 7.54. The number of carbonyl (C=O) groups excluding carboxylic acids is 1. The Hall–Kier alpha value is -2.93. The van der Waals surface area contributed by atoms with Crippen molar-refractivity contribution in [2.75, 3.05) is 6.54 Å². The zero-order chi connectivity index (χ0) is 22.0. The Bertz CT molecular complexity index is 1230. The molecule has 0 unspecified atom stereocenters. The predicted molar refractivity (Wildman–Crippen MR) is 118 cm³/mol. The van der Waals surface area contributed by atoms with E-state index in [1.165, 1.54) is 11.6 Å². The highest BCUT2D eigenvalue weighted by Crippen LogP contribution is 2.20. The van der Waals surface area contributed by atoms with E-state index in [0.717, 1.165) is 33.4 Å². The third-order valence-electron chi connectivity index (χ3n) is 5.42. The maximum Gasteiger partial charge on any atom is 0.332 e. The van der Waals surface area contributed by atoms with Crippen LogP contribution in [0.4, 0.5) is 0 Å². The summed E-state index contributed by atoms with van der Waals surface area (Å²) in [4.78, 5) is 41.6. The van der Waals surface area contributed by atoms with Gasteiger partial charge in [-0.25, -0.2) is 9.78 Å². The predicted octanol–water partition coefficient (Wildman–Crippen LogP) is 2.19. The lowest BCUT2D eigenvalue weighted by molar-refractivity contribution is -0.121. The monoisotopic (exact) mass is 428 g/mol. The van der Waals surface area contributed by atoms with Crippen molar-refractivity contribution in [1.29, 1.82) is 0 Å². The molecule has 0 atom stereocenters. The van der Waals surface area contributed by atoms with Gasteiger partial charge in [-0.1, -0.05) is 23.7 Å². The number of pyridine rings is 1. The number of hydrogen-bond donors (Lipinski definition) is 1. The van der Waals surface area contributed by atoms with Crippen LogP contribution in [0.3, 0.4) is 0 Å². The van der Waals surface area contributed by atoms with Crippen molar-refractivity contribution >= 4 is 28.5 Å². The second kappa shape index (κ2) is 8.83. The van der Waals surface area contributed by atoms with Gasteiger partial charge in [0.15, 0.2) is 0 Å². The van der Waals surface area contributed by atoms with Crippen LogP contribution in [0, 0.1) is 13.8 Å². The average Bonchev–Trinajstić information content (AvgIpc) is 2.71. The van der Waals surface area contributed by atoms with Gasteiger partial charge in [-0.3, -0.25) is 18.7 Å². The van der Waals surface area contributed by atoms with E-state index >= 15 is 0 Å². The Balaban J connectivity index is 1.72. The number of fused-ring (bicyclic) bond motifs is 1. The summed E-state index contributed by atoms with van der Waals surface area (Å²) in [5.74, 6) is -0.0591. The van der Waals surface area contributed by atoms with Crippen LogP contribution in [-0.4, -0.2) is 26.6 Å². The van der Waals surface area contributed by atoms with Gasteiger partial charge in [0, 0.05) is 37.8 Å². The molecule has 0 saturated heterocycles. The molecule has 8 heteroatoms. The van der Waals surface area contributed by atoms with Gasteiger partial charge in [0.05, 0.1) is 5.39 Å². The van der Waals surface area contributed by atoms with Crippen LogP contribution < -0.4 is 16.6 Å². The molecule has 0 saturated carbocycles. The van der Waals surface area contributed by atoms with Crippen molar-refractivity contribution < 1.29 is 4.79 Å². The molecule has 0 aliphatic rings. The van der Waals surface area contributed by atoms with Crippen molar-refractivity contribution in [3.63, 3.8) is 0 Å². The summed E-state index contributed by atoms with van der Waals surface area (Å²) in [5.41, 5.74) is 3.05. The second-order valence-electron chi connectivity index (χ2n) is 7.43. The fourth-order valence-electron chi connectivity index (χ4n) is 3.63. The van der Waals surface area contributed by atoms with Gasteiger partial charge in [-0.2, -0.15) is 0 Å². The number of aromatic nitrogens is 3. The lowest BCUT2D eigenvalue weighted by Crippen LogP contribution is -2.38. The fraction of sp³-hybridized carbons (Fsp3) is 0.364. The molecule has 0 radical (unpaired) electrons. The number of nitrogens with one attached hydrogen (secondary N) is 1. The smallest absolute Gasteiger partial charge is 0.332 e. The number of hydrogen-bond acceptors (Lipinski definition) is 4. The number of rotatable bonds is 6. The fourth-order valence-corrected chi connectivity index (χ4v) is 3.76. The van der Waals surface area contributed by atoms with Crippen LogP contribution in [0.15, 0.2) is 33.9 Å². The maximum absolute atomic E-state index is 12.6. The summed E-state index contributed by atoms with van der Waals surface area (Å²) >= 11 is 5.88. The highest BCUT2D eigenvalue weighted by molar-refractivity contribution is 6.30. The quantitative estimate of drug-likeness (QED) is 0.652. The minimum Gasteiger partial charge on any atom is -0.356 e. The van der Waals surface area contributed by atoms with Crippen LogP contribution in [0.5, 0.6) is 0 Å². The van der Waals surface area contributed by atoms with E-state index in [2.05, 4.69) is 10.3 Å². The summed E-state index contributed by atoms with van der Waals surface area (Å²) < 4.78 is 2.46. The van der Waals surface area contributed by atoms with Crippen LogP contribution in [0.2, 0.25) is 5.02 Å². The Morgan fingerprint density at radius 2 is 1.73 bits per heavy atom. The van der Waals surface area contributed by atoms with E-state index in [1.54, 1.807) is 7.05 Å². The molecule has 0 aliphatic carbocycles. The maximum atomic E-state index is 12.6. The lowest BCUT2D eigenvalue weighted by atomic mass is 10.00. The van der Waals surface area contributed by atoms with Crippen molar-refractivity contribution in [3.05, 3.63) is 72.5 Å². The first-order valence-corrected chi connectivity index (χ1v) is 10.2. The van der Waals surface area contributed by atoms with Crippen molar-refractivity contribution in [2.24, 2.45) is 14.1 Å². The van der Waals surface area contributed by atoms with Crippen LogP contribution in [-0.2, 0) is 31.7 Å². The van der Waals surface area contributed by atoms with E-state index in [0.29, 0.717) is 35.4 Å². The molecule has 0 bridgehead atoms. The van der Waals surface area contributed by atoms with Crippen LogP contribution in [0.1, 0.15) is 28.8 Å². The lowest BCUT2D eigenvalue weighted by Gasteiger charge is -2.14. The molecule has 1 N–H and O–H groups in total. The topological polar surface area (TPSA) is 86.0 Å². The number of aryl methyl sites for hydroxylation is 3. The Morgan fingerprint density at radius 3 is 2.40 bits per heavy atom. The molecule has 7 nitrogen and oxygen atoms in total. The minimum absolute atomic E-state index is 0.0591. The Labute approximate surface area is 179 Å². The van der Waals surface area contributed by atoms with Crippen molar-refractivity contribution in [2.45, 2.75) is 33.1 Å². The largest absolute Gasteiger partial charge is 0.356 e. The molecule has 1 amide bonds. The van der Waals surface area contributed by atoms with Crippen LogP contribution >= 0.6 is 11.6 Å². The molecule has 3 rings (SSSR count). The van der Waals surface area contributed by atoms with Gasteiger partial charge in [-0.05, 0) is 55.5 Å². The van der Waals surface area contributed by atoms with E-state index in [1.807, 2.05) is 38.1 Å².